The van der Waals surface area contributed by atoms with Crippen LogP contribution < -0.4 is 0 Å². The number of hydrogen-bond acceptors (Lipinski definition) is 4. The van der Waals surface area contributed by atoms with Gasteiger partial charge in [0.2, 0.25) is 0 Å². The van der Waals surface area contributed by atoms with Crippen LogP contribution in [0.2, 0.25) is 0 Å². The highest BCUT2D eigenvalue weighted by Crippen LogP contribution is 2.30. The predicted molar refractivity (Wildman–Crippen MR) is 88.1 cm³/mol. The quantitative estimate of drug-likeness (QED) is 0.610. The zero-order chi connectivity index (χ0) is 17.0. The van der Waals surface area contributed by atoms with E-state index in [1.54, 1.807) is 23.1 Å². The Labute approximate surface area is 135 Å². The maximum Gasteiger partial charge on any atom is 0.410 e. The number of allylic oxidation sites excluding steroid dienone is 1. The summed E-state index contributed by atoms with van der Waals surface area (Å²) in [6.45, 7) is 6.47. The van der Waals surface area contributed by atoms with Gasteiger partial charge in [-0.2, -0.15) is 0 Å². The van der Waals surface area contributed by atoms with Crippen LogP contribution in [0.3, 0.4) is 0 Å². The molecule has 6 heteroatoms. The number of nitro groups is 1. The molecule has 1 aliphatic heterocycles. The van der Waals surface area contributed by atoms with E-state index in [-0.39, 0.29) is 16.7 Å². The van der Waals surface area contributed by atoms with Crippen molar-refractivity contribution in [1.29, 1.82) is 0 Å². The number of rotatable bonds is 2. The molecule has 0 bridgehead atoms. The molecule has 0 fully saturated rings. The van der Waals surface area contributed by atoms with E-state index in [1.807, 2.05) is 26.8 Å². The molecule has 1 aromatic carbocycles. The Morgan fingerprint density at radius 2 is 2.00 bits per heavy atom. The van der Waals surface area contributed by atoms with E-state index in [4.69, 9.17) is 4.74 Å². The van der Waals surface area contributed by atoms with Gasteiger partial charge in [-0.3, -0.25) is 10.1 Å². The van der Waals surface area contributed by atoms with Crippen molar-refractivity contribution in [3.8, 4) is 0 Å². The minimum atomic E-state index is -0.534. The van der Waals surface area contributed by atoms with Gasteiger partial charge in [0.1, 0.15) is 5.60 Å². The van der Waals surface area contributed by atoms with E-state index in [1.165, 1.54) is 6.07 Å². The second-order valence-electron chi connectivity index (χ2n) is 6.53. The summed E-state index contributed by atoms with van der Waals surface area (Å²) in [5.74, 6) is 0. The van der Waals surface area contributed by atoms with Gasteiger partial charge in [-0.15, -0.1) is 0 Å². The first-order valence-corrected chi connectivity index (χ1v) is 7.69. The van der Waals surface area contributed by atoms with Crippen LogP contribution in [0.1, 0.15) is 39.2 Å². The predicted octanol–water partition coefficient (Wildman–Crippen LogP) is 4.01. The van der Waals surface area contributed by atoms with Crippen LogP contribution >= 0.6 is 0 Å². The second kappa shape index (κ2) is 6.81. The van der Waals surface area contributed by atoms with Gasteiger partial charge in [-0.1, -0.05) is 18.2 Å². The largest absolute Gasteiger partial charge is 0.444 e. The molecule has 0 spiro atoms. The summed E-state index contributed by atoms with van der Waals surface area (Å²) in [5.41, 5.74) is 1.10. The van der Waals surface area contributed by atoms with E-state index >= 15 is 0 Å². The summed E-state index contributed by atoms with van der Waals surface area (Å²) in [6.07, 6.45) is 2.98. The molecule has 0 atom stereocenters. The molecule has 124 valence electrons. The second-order valence-corrected chi connectivity index (χ2v) is 6.53. The number of ether oxygens (including phenoxy) is 1. The third kappa shape index (κ3) is 4.55. The molecule has 23 heavy (non-hydrogen) atoms. The summed E-state index contributed by atoms with van der Waals surface area (Å²) in [6, 6.07) is 6.71. The minimum Gasteiger partial charge on any atom is -0.444 e. The average molecular weight is 318 g/mol. The van der Waals surface area contributed by atoms with Crippen molar-refractivity contribution in [1.82, 2.24) is 4.90 Å². The van der Waals surface area contributed by atoms with E-state index < -0.39 is 5.60 Å². The number of nitro benzene ring substituents is 1. The summed E-state index contributed by atoms with van der Waals surface area (Å²) >= 11 is 0. The highest BCUT2D eigenvalue weighted by Gasteiger charge is 2.24. The molecule has 0 N–H and O–H groups in total. The number of hydrogen-bond donors (Lipinski definition) is 0. The zero-order valence-corrected chi connectivity index (χ0v) is 13.7. The summed E-state index contributed by atoms with van der Waals surface area (Å²) in [5, 5.41) is 11.2. The first kappa shape index (κ1) is 17.0. The van der Waals surface area contributed by atoms with Gasteiger partial charge in [0.05, 0.1) is 10.5 Å². The number of amides is 1. The molecule has 0 saturated carbocycles. The molecule has 0 aromatic heterocycles. The lowest BCUT2D eigenvalue weighted by molar-refractivity contribution is -0.385. The van der Waals surface area contributed by atoms with Crippen molar-refractivity contribution >= 4 is 17.4 Å². The first-order valence-electron chi connectivity index (χ1n) is 7.69. The maximum absolute atomic E-state index is 12.2. The molecular formula is C17H22N2O4. The Kier molecular flexibility index (Phi) is 5.03. The lowest BCUT2D eigenvalue weighted by Gasteiger charge is -2.25. The molecule has 1 aromatic rings. The summed E-state index contributed by atoms with van der Waals surface area (Å²) < 4.78 is 5.39. The molecule has 1 aliphatic rings. The molecule has 1 heterocycles. The number of nitrogens with zero attached hydrogens (tertiary/aromatic N) is 2. The molecule has 0 unspecified atom stereocenters. The number of benzene rings is 1. The SMILES string of the molecule is CC(C)(C)OC(=O)N1CC=C(c2ccccc2[N+](=O)[O-])CCC1. The Morgan fingerprint density at radius 3 is 2.65 bits per heavy atom. The summed E-state index contributed by atoms with van der Waals surface area (Å²) in [7, 11) is 0. The Hall–Kier alpha value is -2.37. The van der Waals surface area contributed by atoms with Gasteiger partial charge in [0.15, 0.2) is 0 Å². The number of carbonyl (C=O) groups is 1. The van der Waals surface area contributed by atoms with Crippen LogP contribution in [0.25, 0.3) is 5.57 Å². The van der Waals surface area contributed by atoms with E-state index in [0.717, 1.165) is 12.0 Å². The van der Waals surface area contributed by atoms with E-state index in [9.17, 15) is 14.9 Å². The molecular weight excluding hydrogens is 296 g/mol. The van der Waals surface area contributed by atoms with E-state index in [0.29, 0.717) is 25.1 Å². The highest BCUT2D eigenvalue weighted by molar-refractivity contribution is 5.74. The lowest BCUT2D eigenvalue weighted by Crippen LogP contribution is -2.37. The molecule has 1 amide bonds. The van der Waals surface area contributed by atoms with Crippen LogP contribution in [-0.2, 0) is 4.74 Å². The number of carbonyl (C=O) groups excluding carboxylic acids is 1. The molecule has 6 nitrogen and oxygen atoms in total. The van der Waals surface area contributed by atoms with Gasteiger partial charge in [0.25, 0.3) is 5.69 Å². The van der Waals surface area contributed by atoms with Crippen LogP contribution in [-0.4, -0.2) is 34.6 Å². The first-order chi connectivity index (χ1) is 10.8. The lowest BCUT2D eigenvalue weighted by atomic mass is 10.00. The molecule has 2 rings (SSSR count). The van der Waals surface area contributed by atoms with Crippen LogP contribution in [0.5, 0.6) is 0 Å². The van der Waals surface area contributed by atoms with Gasteiger partial charge in [-0.25, -0.2) is 4.79 Å². The van der Waals surface area contributed by atoms with Crippen molar-refractivity contribution in [2.45, 2.75) is 39.2 Å². The van der Waals surface area contributed by atoms with Crippen molar-refractivity contribution in [3.63, 3.8) is 0 Å². The third-order valence-electron chi connectivity index (χ3n) is 3.53. The molecule has 0 aliphatic carbocycles. The Bertz CT molecular complexity index is 632. The van der Waals surface area contributed by atoms with Gasteiger partial charge in [0, 0.05) is 19.2 Å². The van der Waals surface area contributed by atoms with Gasteiger partial charge in [-0.05, 0) is 45.3 Å². The summed E-state index contributed by atoms with van der Waals surface area (Å²) in [4.78, 5) is 24.6. The number of para-hydroxylation sites is 1. The van der Waals surface area contributed by atoms with Crippen LogP contribution in [0, 0.1) is 10.1 Å². The smallest absolute Gasteiger partial charge is 0.410 e. The minimum absolute atomic E-state index is 0.101. The average Bonchev–Trinajstić information content (AvgIpc) is 2.71. The molecule has 0 radical (unpaired) electrons. The topological polar surface area (TPSA) is 72.7 Å². The van der Waals surface area contributed by atoms with Crippen LogP contribution in [0.15, 0.2) is 30.3 Å². The molecule has 0 saturated heterocycles. The maximum atomic E-state index is 12.2. The van der Waals surface area contributed by atoms with Gasteiger partial charge >= 0.3 is 6.09 Å². The fraction of sp³-hybridized carbons (Fsp3) is 0.471. The normalized spacial score (nSPS) is 15.6. The van der Waals surface area contributed by atoms with Crippen molar-refractivity contribution in [2.75, 3.05) is 13.1 Å². The Morgan fingerprint density at radius 1 is 1.30 bits per heavy atom. The van der Waals surface area contributed by atoms with E-state index in [2.05, 4.69) is 0 Å². The van der Waals surface area contributed by atoms with Crippen LogP contribution in [0.4, 0.5) is 10.5 Å². The highest BCUT2D eigenvalue weighted by atomic mass is 16.6. The zero-order valence-electron chi connectivity index (χ0n) is 13.7. The van der Waals surface area contributed by atoms with Crippen molar-refractivity contribution in [3.05, 3.63) is 46.0 Å². The van der Waals surface area contributed by atoms with Crippen molar-refractivity contribution in [2.24, 2.45) is 0 Å². The monoisotopic (exact) mass is 318 g/mol. The van der Waals surface area contributed by atoms with Crippen molar-refractivity contribution < 1.29 is 14.5 Å². The Balaban J connectivity index is 2.18. The third-order valence-corrected chi connectivity index (χ3v) is 3.53. The fourth-order valence-corrected chi connectivity index (χ4v) is 2.52. The van der Waals surface area contributed by atoms with Gasteiger partial charge < -0.3 is 9.64 Å². The standard InChI is InChI=1S/C17H22N2O4/c1-17(2,3)23-16(20)18-11-6-7-13(10-12-18)14-8-4-5-9-15(14)19(21)22/h4-5,8-10H,6-7,11-12H2,1-3H3. The fourth-order valence-electron chi connectivity index (χ4n) is 2.52.